The van der Waals surface area contributed by atoms with Crippen LogP contribution in [-0.2, 0) is 9.53 Å². The highest BCUT2D eigenvalue weighted by Crippen LogP contribution is 2.37. The number of aliphatic hydroxyl groups is 1. The Kier molecular flexibility index (Phi) is 6.43. The summed E-state index contributed by atoms with van der Waals surface area (Å²) in [5.41, 5.74) is 5.94. The maximum atomic E-state index is 14.5. The summed E-state index contributed by atoms with van der Waals surface area (Å²) >= 11 is 5.76. The number of rotatable bonds is 6. The fourth-order valence-corrected chi connectivity index (χ4v) is 4.82. The van der Waals surface area contributed by atoms with Gasteiger partial charge in [0.25, 0.3) is 0 Å². The molecular formula is C22H24ClF2N7O3. The van der Waals surface area contributed by atoms with Gasteiger partial charge in [-0.25, -0.2) is 18.7 Å². The number of nitrogens with two attached hydrogens (primary N) is 1. The predicted octanol–water partition coefficient (Wildman–Crippen LogP) is 2.89. The Morgan fingerprint density at radius 2 is 1.89 bits per heavy atom. The van der Waals surface area contributed by atoms with E-state index in [1.165, 1.54) is 6.20 Å². The van der Waals surface area contributed by atoms with Crippen molar-refractivity contribution >= 4 is 46.3 Å². The number of amides is 1. The van der Waals surface area contributed by atoms with Crippen LogP contribution in [0.5, 0.6) is 0 Å². The average Bonchev–Trinajstić information content (AvgIpc) is 3.38. The summed E-state index contributed by atoms with van der Waals surface area (Å²) in [6.07, 6.45) is 3.15. The second-order valence-electron chi connectivity index (χ2n) is 8.84. The molecule has 0 radical (unpaired) electrons. The van der Waals surface area contributed by atoms with Crippen LogP contribution in [0.1, 0.15) is 31.7 Å². The number of aromatic nitrogens is 4. The molecule has 1 saturated carbocycles. The van der Waals surface area contributed by atoms with E-state index in [-0.39, 0.29) is 47.4 Å². The lowest BCUT2D eigenvalue weighted by Gasteiger charge is -2.29. The molecule has 1 amide bonds. The van der Waals surface area contributed by atoms with Crippen LogP contribution in [0.4, 0.5) is 26.4 Å². The molecule has 13 heteroatoms. The average molecular weight is 508 g/mol. The number of halogens is 3. The number of hydrogen-bond acceptors (Lipinski definition) is 8. The first kappa shape index (κ1) is 23.6. The minimum atomic E-state index is -0.866. The van der Waals surface area contributed by atoms with Crippen LogP contribution in [0.2, 0.25) is 5.02 Å². The molecule has 1 saturated heterocycles. The zero-order valence-corrected chi connectivity index (χ0v) is 19.3. The van der Waals surface area contributed by atoms with Gasteiger partial charge in [0.1, 0.15) is 11.2 Å². The molecular weight excluding hydrogens is 484 g/mol. The SMILES string of the molecule is NC(=O)[C@H]1CC[C@@H](n2c(Nc3c(F)cc(Cl)cc3F)nc3cnc(NC4COC[C@H]4O)nc32)CC1. The van der Waals surface area contributed by atoms with Gasteiger partial charge in [-0.1, -0.05) is 11.6 Å². The molecule has 1 unspecified atom stereocenters. The monoisotopic (exact) mass is 507 g/mol. The molecule has 2 fully saturated rings. The summed E-state index contributed by atoms with van der Waals surface area (Å²) in [5, 5.41) is 15.8. The van der Waals surface area contributed by atoms with Crippen molar-refractivity contribution in [3.63, 3.8) is 0 Å². The van der Waals surface area contributed by atoms with E-state index in [0.717, 1.165) is 12.1 Å². The first-order valence-corrected chi connectivity index (χ1v) is 11.7. The molecule has 3 heterocycles. The molecule has 2 aromatic heterocycles. The number of nitrogens with one attached hydrogen (secondary N) is 2. The number of imidazole rings is 1. The third kappa shape index (κ3) is 4.73. The molecule has 10 nitrogen and oxygen atoms in total. The van der Waals surface area contributed by atoms with Crippen LogP contribution in [0.25, 0.3) is 11.2 Å². The minimum absolute atomic E-state index is 0.0662. The third-order valence-electron chi connectivity index (χ3n) is 6.51. The predicted molar refractivity (Wildman–Crippen MR) is 124 cm³/mol. The van der Waals surface area contributed by atoms with Crippen LogP contribution < -0.4 is 16.4 Å². The molecule has 1 aliphatic heterocycles. The molecule has 2 atom stereocenters. The fourth-order valence-electron chi connectivity index (χ4n) is 4.63. The molecule has 0 spiro atoms. The van der Waals surface area contributed by atoms with E-state index in [1.807, 2.05) is 0 Å². The van der Waals surface area contributed by atoms with Crippen molar-refractivity contribution in [1.82, 2.24) is 19.5 Å². The number of anilines is 3. The second kappa shape index (κ2) is 9.51. The maximum Gasteiger partial charge on any atom is 0.225 e. The molecule has 186 valence electrons. The van der Waals surface area contributed by atoms with Gasteiger partial charge in [-0.15, -0.1) is 0 Å². The number of carbonyl (C=O) groups excluding carboxylic acids is 1. The van der Waals surface area contributed by atoms with E-state index in [0.29, 0.717) is 43.5 Å². The van der Waals surface area contributed by atoms with Gasteiger partial charge in [-0.3, -0.25) is 9.36 Å². The number of nitrogens with zero attached hydrogens (tertiary/aromatic N) is 4. The zero-order chi connectivity index (χ0) is 24.7. The highest BCUT2D eigenvalue weighted by molar-refractivity contribution is 6.30. The van der Waals surface area contributed by atoms with Gasteiger partial charge < -0.3 is 26.2 Å². The zero-order valence-electron chi connectivity index (χ0n) is 18.5. The molecule has 5 N–H and O–H groups in total. The number of benzene rings is 1. The molecule has 2 aliphatic rings. The number of fused-ring (bicyclic) bond motifs is 1. The molecule has 5 rings (SSSR count). The number of carbonyl (C=O) groups is 1. The van der Waals surface area contributed by atoms with Crippen molar-refractivity contribution in [2.45, 2.75) is 43.9 Å². The van der Waals surface area contributed by atoms with Gasteiger partial charge in [-0.2, -0.15) is 4.98 Å². The molecule has 3 aromatic rings. The Bertz CT molecular complexity index is 1240. The van der Waals surface area contributed by atoms with E-state index in [1.54, 1.807) is 4.57 Å². The Balaban J connectivity index is 1.54. The number of primary amides is 1. The van der Waals surface area contributed by atoms with Crippen molar-refractivity contribution in [2.24, 2.45) is 11.7 Å². The highest BCUT2D eigenvalue weighted by atomic mass is 35.5. The standard InChI is InChI=1S/C22H24ClF2N7O3/c23-11-5-13(24)18(14(25)6-11)30-22-29-15-7-27-21(28-16-8-35-9-17(16)33)31-20(15)32(22)12-3-1-10(2-4-12)19(26)34/h5-7,10,12,16-17,33H,1-4,8-9H2,(H2,26,34)(H,29,30)(H,27,28,31)/t10-,12+,16?,17-/m1/s1. The van der Waals surface area contributed by atoms with E-state index in [2.05, 4.69) is 25.6 Å². The van der Waals surface area contributed by atoms with Crippen molar-refractivity contribution in [3.8, 4) is 0 Å². The normalized spacial score (nSPS) is 24.6. The lowest BCUT2D eigenvalue weighted by molar-refractivity contribution is -0.122. The minimum Gasteiger partial charge on any atom is -0.388 e. The molecule has 35 heavy (non-hydrogen) atoms. The molecule has 1 aromatic carbocycles. The largest absolute Gasteiger partial charge is 0.388 e. The quantitative estimate of drug-likeness (QED) is 0.399. The van der Waals surface area contributed by atoms with Crippen LogP contribution in [0, 0.1) is 17.6 Å². The van der Waals surface area contributed by atoms with Crippen LogP contribution in [0.15, 0.2) is 18.3 Å². The van der Waals surface area contributed by atoms with Crippen LogP contribution in [0.3, 0.4) is 0 Å². The fraction of sp³-hybridized carbons (Fsp3) is 0.455. The van der Waals surface area contributed by atoms with Crippen molar-refractivity contribution < 1.29 is 23.4 Å². The first-order chi connectivity index (χ1) is 16.8. The Labute approximate surface area is 203 Å². The van der Waals surface area contributed by atoms with Gasteiger partial charge >= 0.3 is 0 Å². The summed E-state index contributed by atoms with van der Waals surface area (Å²) in [5.74, 6) is -1.86. The summed E-state index contributed by atoms with van der Waals surface area (Å²) in [6, 6.07) is 1.49. The maximum absolute atomic E-state index is 14.5. The van der Waals surface area contributed by atoms with E-state index in [9.17, 15) is 18.7 Å². The summed E-state index contributed by atoms with van der Waals surface area (Å²) in [6.45, 7) is 0.522. The van der Waals surface area contributed by atoms with E-state index >= 15 is 0 Å². The number of aliphatic hydroxyl groups excluding tert-OH is 1. The van der Waals surface area contributed by atoms with Gasteiger partial charge in [0.05, 0.1) is 31.6 Å². The number of hydrogen-bond donors (Lipinski definition) is 4. The van der Waals surface area contributed by atoms with Crippen LogP contribution in [-0.4, -0.2) is 55.9 Å². The smallest absolute Gasteiger partial charge is 0.225 e. The van der Waals surface area contributed by atoms with Crippen molar-refractivity contribution in [2.75, 3.05) is 23.8 Å². The lowest BCUT2D eigenvalue weighted by Crippen LogP contribution is -2.32. The Morgan fingerprint density at radius 3 is 2.51 bits per heavy atom. The van der Waals surface area contributed by atoms with E-state index in [4.69, 9.17) is 22.1 Å². The highest BCUT2D eigenvalue weighted by Gasteiger charge is 2.31. The van der Waals surface area contributed by atoms with Gasteiger partial charge in [0, 0.05) is 17.0 Å². The summed E-state index contributed by atoms with van der Waals surface area (Å²) < 4.78 is 36.1. The second-order valence-corrected chi connectivity index (χ2v) is 9.28. The van der Waals surface area contributed by atoms with E-state index < -0.39 is 23.4 Å². The van der Waals surface area contributed by atoms with Gasteiger partial charge in [-0.05, 0) is 37.8 Å². The van der Waals surface area contributed by atoms with Gasteiger partial charge in [0.15, 0.2) is 17.3 Å². The van der Waals surface area contributed by atoms with Crippen LogP contribution >= 0.6 is 11.6 Å². The number of ether oxygens (including phenoxy) is 1. The molecule has 0 bridgehead atoms. The first-order valence-electron chi connectivity index (χ1n) is 11.3. The molecule has 1 aliphatic carbocycles. The van der Waals surface area contributed by atoms with Gasteiger partial charge in [0.2, 0.25) is 17.8 Å². The summed E-state index contributed by atoms with van der Waals surface area (Å²) in [4.78, 5) is 25.0. The Hall–Kier alpha value is -3.09. The third-order valence-corrected chi connectivity index (χ3v) is 6.72. The summed E-state index contributed by atoms with van der Waals surface area (Å²) in [7, 11) is 0. The van der Waals surface area contributed by atoms with Crippen molar-refractivity contribution in [3.05, 3.63) is 35.0 Å². The van der Waals surface area contributed by atoms with Crippen molar-refractivity contribution in [1.29, 1.82) is 0 Å². The Morgan fingerprint density at radius 1 is 1.17 bits per heavy atom. The topological polar surface area (TPSA) is 140 Å². The lowest BCUT2D eigenvalue weighted by atomic mass is 9.85.